The minimum atomic E-state index is -1.29. The predicted molar refractivity (Wildman–Crippen MR) is 108 cm³/mol. The van der Waals surface area contributed by atoms with Gasteiger partial charge in [-0.25, -0.2) is 4.79 Å². The quantitative estimate of drug-likeness (QED) is 0.860. The second-order valence-electron chi connectivity index (χ2n) is 7.56. The van der Waals surface area contributed by atoms with Crippen molar-refractivity contribution in [2.45, 2.75) is 26.4 Å². The summed E-state index contributed by atoms with van der Waals surface area (Å²) in [6.45, 7) is 7.75. The summed E-state index contributed by atoms with van der Waals surface area (Å²) >= 11 is 0. The SMILES string of the molecule is Cc1ccc(C(=O)N2CCN(c3cccc(OC(C)(C)C(=O)O)c3)CC2)cc1. The highest BCUT2D eigenvalue weighted by atomic mass is 16.5. The lowest BCUT2D eigenvalue weighted by molar-refractivity contribution is -0.152. The fraction of sp³-hybridized carbons (Fsp3) is 0.364. The van der Waals surface area contributed by atoms with Gasteiger partial charge < -0.3 is 19.6 Å². The zero-order chi connectivity index (χ0) is 20.3. The molecule has 148 valence electrons. The summed E-state index contributed by atoms with van der Waals surface area (Å²) < 4.78 is 5.63. The highest BCUT2D eigenvalue weighted by molar-refractivity contribution is 5.94. The van der Waals surface area contributed by atoms with Crippen molar-refractivity contribution in [2.75, 3.05) is 31.1 Å². The average Bonchev–Trinajstić information content (AvgIpc) is 2.68. The standard InChI is InChI=1S/C22H26N2O4/c1-16-7-9-17(10-8-16)20(25)24-13-11-23(12-14-24)18-5-4-6-19(15-18)28-22(2,3)21(26)27/h4-10,15H,11-14H2,1-3H3,(H,26,27). The van der Waals surface area contributed by atoms with Crippen molar-refractivity contribution in [3.05, 3.63) is 59.7 Å². The van der Waals surface area contributed by atoms with E-state index >= 15 is 0 Å². The Morgan fingerprint density at radius 1 is 1.00 bits per heavy atom. The van der Waals surface area contributed by atoms with E-state index in [0.29, 0.717) is 37.5 Å². The molecule has 3 rings (SSSR count). The largest absolute Gasteiger partial charge is 0.478 e. The molecule has 1 aliphatic heterocycles. The molecule has 0 bridgehead atoms. The van der Waals surface area contributed by atoms with Crippen molar-refractivity contribution < 1.29 is 19.4 Å². The lowest BCUT2D eigenvalue weighted by Crippen LogP contribution is -2.48. The zero-order valence-corrected chi connectivity index (χ0v) is 16.5. The Labute approximate surface area is 165 Å². The van der Waals surface area contributed by atoms with Crippen LogP contribution in [-0.4, -0.2) is 53.7 Å². The molecule has 0 unspecified atom stereocenters. The average molecular weight is 382 g/mol. The maximum atomic E-state index is 12.7. The number of carbonyl (C=O) groups is 2. The zero-order valence-electron chi connectivity index (χ0n) is 16.5. The van der Waals surface area contributed by atoms with Gasteiger partial charge >= 0.3 is 5.97 Å². The molecule has 0 atom stereocenters. The third-order valence-electron chi connectivity index (χ3n) is 4.94. The van der Waals surface area contributed by atoms with Gasteiger partial charge in [0.25, 0.3) is 5.91 Å². The Morgan fingerprint density at radius 3 is 2.25 bits per heavy atom. The van der Waals surface area contributed by atoms with Crippen LogP contribution >= 0.6 is 0 Å². The molecule has 0 spiro atoms. The summed E-state index contributed by atoms with van der Waals surface area (Å²) in [6, 6.07) is 15.1. The number of aryl methyl sites for hydroxylation is 1. The number of benzene rings is 2. The fourth-order valence-electron chi connectivity index (χ4n) is 3.13. The molecule has 0 aliphatic carbocycles. The number of ether oxygens (including phenoxy) is 1. The number of hydrogen-bond acceptors (Lipinski definition) is 4. The Balaban J connectivity index is 1.63. The minimum absolute atomic E-state index is 0.0555. The maximum absolute atomic E-state index is 12.7. The predicted octanol–water partition coefficient (Wildman–Crippen LogP) is 3.20. The third-order valence-corrected chi connectivity index (χ3v) is 4.94. The van der Waals surface area contributed by atoms with E-state index in [-0.39, 0.29) is 5.91 Å². The van der Waals surface area contributed by atoms with E-state index in [0.717, 1.165) is 11.3 Å². The van der Waals surface area contributed by atoms with Gasteiger partial charge in [0.15, 0.2) is 5.60 Å². The van der Waals surface area contributed by atoms with E-state index in [1.165, 1.54) is 13.8 Å². The van der Waals surface area contributed by atoms with Crippen LogP contribution in [0.5, 0.6) is 5.75 Å². The maximum Gasteiger partial charge on any atom is 0.347 e. The first-order valence-corrected chi connectivity index (χ1v) is 9.39. The first kappa shape index (κ1) is 19.7. The van der Waals surface area contributed by atoms with E-state index < -0.39 is 11.6 Å². The summed E-state index contributed by atoms with van der Waals surface area (Å²) in [5, 5.41) is 9.24. The molecule has 0 aromatic heterocycles. The van der Waals surface area contributed by atoms with Gasteiger partial charge in [0.2, 0.25) is 0 Å². The minimum Gasteiger partial charge on any atom is -0.478 e. The number of aliphatic carboxylic acids is 1. The molecule has 1 heterocycles. The molecule has 28 heavy (non-hydrogen) atoms. The topological polar surface area (TPSA) is 70.1 Å². The smallest absolute Gasteiger partial charge is 0.347 e. The van der Waals surface area contributed by atoms with Gasteiger partial charge in [0.05, 0.1) is 0 Å². The van der Waals surface area contributed by atoms with Crippen LogP contribution in [-0.2, 0) is 4.79 Å². The van der Waals surface area contributed by atoms with Crippen LogP contribution in [0.3, 0.4) is 0 Å². The van der Waals surface area contributed by atoms with E-state index in [4.69, 9.17) is 4.74 Å². The van der Waals surface area contributed by atoms with Crippen molar-refractivity contribution in [3.63, 3.8) is 0 Å². The summed E-state index contributed by atoms with van der Waals surface area (Å²) in [4.78, 5) is 28.0. The van der Waals surface area contributed by atoms with E-state index in [9.17, 15) is 14.7 Å². The van der Waals surface area contributed by atoms with Crippen LogP contribution in [0, 0.1) is 6.92 Å². The van der Waals surface area contributed by atoms with Gasteiger partial charge in [-0.15, -0.1) is 0 Å². The van der Waals surface area contributed by atoms with Gasteiger partial charge in [-0.1, -0.05) is 23.8 Å². The number of anilines is 1. The lowest BCUT2D eigenvalue weighted by Gasteiger charge is -2.36. The van der Waals surface area contributed by atoms with Crippen molar-refractivity contribution in [3.8, 4) is 5.75 Å². The number of carbonyl (C=O) groups excluding carboxylic acids is 1. The number of nitrogens with zero attached hydrogens (tertiary/aromatic N) is 2. The van der Waals surface area contributed by atoms with Crippen molar-refractivity contribution >= 4 is 17.6 Å². The number of rotatable bonds is 5. The summed E-state index contributed by atoms with van der Waals surface area (Å²) in [5.41, 5.74) is 1.51. The fourth-order valence-corrected chi connectivity index (χ4v) is 3.13. The Bertz CT molecular complexity index is 853. The van der Waals surface area contributed by atoms with Crippen molar-refractivity contribution in [1.82, 2.24) is 4.90 Å². The monoisotopic (exact) mass is 382 g/mol. The van der Waals surface area contributed by atoms with Crippen molar-refractivity contribution in [2.24, 2.45) is 0 Å². The summed E-state index contributed by atoms with van der Waals surface area (Å²) in [6.07, 6.45) is 0. The Morgan fingerprint density at radius 2 is 1.64 bits per heavy atom. The number of carboxylic acids is 1. The second-order valence-corrected chi connectivity index (χ2v) is 7.56. The van der Waals surface area contributed by atoms with E-state index in [1.54, 1.807) is 6.07 Å². The molecule has 1 saturated heterocycles. The summed E-state index contributed by atoms with van der Waals surface area (Å²) in [5.74, 6) is -0.441. The molecule has 2 aromatic carbocycles. The lowest BCUT2D eigenvalue weighted by atomic mass is 10.1. The van der Waals surface area contributed by atoms with Gasteiger partial charge in [-0.05, 0) is 45.0 Å². The number of amides is 1. The van der Waals surface area contributed by atoms with Crippen LogP contribution in [0.25, 0.3) is 0 Å². The molecule has 1 aliphatic rings. The van der Waals surface area contributed by atoms with Crippen LogP contribution in [0.1, 0.15) is 29.8 Å². The molecule has 6 nitrogen and oxygen atoms in total. The van der Waals surface area contributed by atoms with Gasteiger partial charge in [-0.3, -0.25) is 4.79 Å². The highest BCUT2D eigenvalue weighted by Crippen LogP contribution is 2.26. The normalized spacial score (nSPS) is 14.7. The molecule has 1 fully saturated rings. The first-order chi connectivity index (χ1) is 13.3. The second kappa shape index (κ2) is 7.92. The molecule has 1 amide bonds. The van der Waals surface area contributed by atoms with E-state index in [2.05, 4.69) is 4.90 Å². The first-order valence-electron chi connectivity index (χ1n) is 9.39. The molecule has 0 radical (unpaired) electrons. The van der Waals surface area contributed by atoms with Crippen molar-refractivity contribution in [1.29, 1.82) is 0 Å². The van der Waals surface area contributed by atoms with Crippen LogP contribution in [0.15, 0.2) is 48.5 Å². The number of hydrogen-bond donors (Lipinski definition) is 1. The van der Waals surface area contributed by atoms with Gasteiger partial charge in [0, 0.05) is 43.5 Å². The van der Waals surface area contributed by atoms with Gasteiger partial charge in [0.1, 0.15) is 5.75 Å². The molecule has 6 heteroatoms. The van der Waals surface area contributed by atoms with Crippen LogP contribution in [0.2, 0.25) is 0 Å². The molecule has 1 N–H and O–H groups in total. The molecular formula is C22H26N2O4. The molecule has 2 aromatic rings. The van der Waals surface area contributed by atoms with E-state index in [1.807, 2.05) is 54.3 Å². The third kappa shape index (κ3) is 4.44. The Hall–Kier alpha value is -3.02. The van der Waals surface area contributed by atoms with Gasteiger partial charge in [-0.2, -0.15) is 0 Å². The Kier molecular flexibility index (Phi) is 5.58. The molecule has 0 saturated carbocycles. The molecular weight excluding hydrogens is 356 g/mol. The van der Waals surface area contributed by atoms with Crippen LogP contribution in [0.4, 0.5) is 5.69 Å². The number of piperazine rings is 1. The van der Waals surface area contributed by atoms with Crippen LogP contribution < -0.4 is 9.64 Å². The summed E-state index contributed by atoms with van der Waals surface area (Å²) in [7, 11) is 0. The highest BCUT2D eigenvalue weighted by Gasteiger charge is 2.29. The number of carboxylic acid groups (broad SMARTS) is 1.